The largest absolute Gasteiger partial charge is 0.292 e. The fourth-order valence-corrected chi connectivity index (χ4v) is 5.76. The second kappa shape index (κ2) is 6.94. The van der Waals surface area contributed by atoms with Crippen LogP contribution >= 0.6 is 11.3 Å². The van der Waals surface area contributed by atoms with Gasteiger partial charge in [0.1, 0.15) is 0 Å². The minimum absolute atomic E-state index is 0.000964. The van der Waals surface area contributed by atoms with Crippen molar-refractivity contribution in [3.8, 4) is 11.1 Å². The van der Waals surface area contributed by atoms with Crippen LogP contribution in [0.4, 0.5) is 0 Å². The van der Waals surface area contributed by atoms with Gasteiger partial charge in [0.15, 0.2) is 0 Å². The van der Waals surface area contributed by atoms with Crippen molar-refractivity contribution >= 4 is 29.2 Å². The van der Waals surface area contributed by atoms with E-state index >= 15 is 0 Å². The molecule has 0 aromatic carbocycles. The molecule has 4 atom stereocenters. The zero-order valence-electron chi connectivity index (χ0n) is 15.8. The zero-order chi connectivity index (χ0) is 19.3. The number of rotatable bonds is 3. The number of nitrogens with zero attached hydrogens (tertiary/aromatic N) is 3. The molecular weight excluding hydrogens is 370 g/mol. The van der Waals surface area contributed by atoms with Crippen LogP contribution in [0.1, 0.15) is 25.0 Å². The van der Waals surface area contributed by atoms with Gasteiger partial charge in [0, 0.05) is 30.9 Å². The van der Waals surface area contributed by atoms with Crippen LogP contribution in [0, 0.1) is 11.8 Å². The van der Waals surface area contributed by atoms with Crippen molar-refractivity contribution in [3.63, 3.8) is 0 Å². The number of amides is 2. The summed E-state index contributed by atoms with van der Waals surface area (Å²) in [7, 11) is 1.63. The topological polar surface area (TPSA) is 53.5 Å². The molecule has 0 radical (unpaired) electrons. The van der Waals surface area contributed by atoms with E-state index in [1.165, 1.54) is 10.5 Å². The number of thiophene rings is 1. The quantitative estimate of drug-likeness (QED) is 0.751. The number of carbonyl (C=O) groups excluding carboxylic acids is 2. The summed E-state index contributed by atoms with van der Waals surface area (Å²) in [5.41, 5.74) is 3.16. The fraction of sp³-hybridized carbons (Fsp3) is 0.409. The molecule has 2 amide bonds. The number of hydrogen-bond donors (Lipinski definition) is 0. The molecule has 0 bridgehead atoms. The van der Waals surface area contributed by atoms with Crippen LogP contribution < -0.4 is 0 Å². The number of aromatic nitrogens is 1. The summed E-state index contributed by atoms with van der Waals surface area (Å²) >= 11 is 1.67. The van der Waals surface area contributed by atoms with Crippen LogP contribution in [-0.2, 0) is 9.59 Å². The smallest absolute Gasteiger partial charge is 0.234 e. The van der Waals surface area contributed by atoms with Crippen molar-refractivity contribution in [2.45, 2.75) is 31.3 Å². The summed E-state index contributed by atoms with van der Waals surface area (Å²) in [5.74, 6) is -0.454. The van der Waals surface area contributed by atoms with Crippen molar-refractivity contribution < 1.29 is 9.59 Å². The van der Waals surface area contributed by atoms with Crippen LogP contribution in [0.25, 0.3) is 17.2 Å². The Hall–Kier alpha value is -2.31. The minimum Gasteiger partial charge on any atom is -0.292 e. The first kappa shape index (κ1) is 17.8. The molecule has 4 unspecified atom stereocenters. The summed E-state index contributed by atoms with van der Waals surface area (Å²) in [6.07, 6.45) is 9.27. The van der Waals surface area contributed by atoms with Gasteiger partial charge in [-0.05, 0) is 53.9 Å². The maximum absolute atomic E-state index is 12.8. The zero-order valence-corrected chi connectivity index (χ0v) is 16.6. The highest BCUT2D eigenvalue weighted by molar-refractivity contribution is 7.08. The molecule has 0 saturated carbocycles. The molecule has 144 valence electrons. The summed E-state index contributed by atoms with van der Waals surface area (Å²) in [6.45, 7) is 0.960. The van der Waals surface area contributed by atoms with Crippen molar-refractivity contribution in [1.29, 1.82) is 0 Å². The van der Waals surface area contributed by atoms with Crippen LogP contribution in [0.2, 0.25) is 0 Å². The Bertz CT molecular complexity index is 922. The standard InChI is InChI=1S/C22H23N3O2S/c1-24-21(26)19-17-4-2-3-10-25(17)18(20(19)22(24)27)8-7-16-6-5-14(12-23-16)15-9-11-28-13-15/h5-9,11-13,17-20H,2-4,10H2,1H3/b8-7+. The molecule has 28 heavy (non-hydrogen) atoms. The predicted octanol–water partition coefficient (Wildman–Crippen LogP) is 3.29. The van der Waals surface area contributed by atoms with Crippen LogP contribution in [0.3, 0.4) is 0 Å². The molecule has 5 heterocycles. The lowest BCUT2D eigenvalue weighted by molar-refractivity contribution is -0.139. The van der Waals surface area contributed by atoms with E-state index in [-0.39, 0.29) is 35.7 Å². The van der Waals surface area contributed by atoms with Gasteiger partial charge in [-0.1, -0.05) is 18.6 Å². The van der Waals surface area contributed by atoms with Gasteiger partial charge in [0.05, 0.1) is 17.5 Å². The van der Waals surface area contributed by atoms with E-state index in [4.69, 9.17) is 0 Å². The normalized spacial score (nSPS) is 30.2. The molecule has 0 spiro atoms. The van der Waals surface area contributed by atoms with E-state index in [0.717, 1.165) is 37.1 Å². The molecule has 0 aliphatic carbocycles. The predicted molar refractivity (Wildman–Crippen MR) is 109 cm³/mol. The van der Waals surface area contributed by atoms with E-state index in [1.807, 2.05) is 18.3 Å². The number of likely N-dealkylation sites (tertiary alicyclic amines) is 1. The molecule has 2 aromatic rings. The van der Waals surface area contributed by atoms with Gasteiger partial charge in [-0.15, -0.1) is 0 Å². The molecule has 2 aromatic heterocycles. The monoisotopic (exact) mass is 393 g/mol. The lowest BCUT2D eigenvalue weighted by Crippen LogP contribution is -2.45. The minimum atomic E-state index is -0.248. The Morgan fingerprint density at radius 3 is 2.71 bits per heavy atom. The van der Waals surface area contributed by atoms with Crippen molar-refractivity contribution in [2.24, 2.45) is 11.8 Å². The Morgan fingerprint density at radius 2 is 1.96 bits per heavy atom. The van der Waals surface area contributed by atoms with Gasteiger partial charge in [0.25, 0.3) is 0 Å². The fourth-order valence-electron chi connectivity index (χ4n) is 5.10. The van der Waals surface area contributed by atoms with Gasteiger partial charge in [-0.25, -0.2) is 0 Å². The van der Waals surface area contributed by atoms with Crippen molar-refractivity contribution in [1.82, 2.24) is 14.8 Å². The summed E-state index contributed by atoms with van der Waals surface area (Å²) in [4.78, 5) is 33.7. The number of hydrogen-bond acceptors (Lipinski definition) is 5. The Labute approximate surface area is 168 Å². The van der Waals surface area contributed by atoms with Gasteiger partial charge in [-0.2, -0.15) is 11.3 Å². The second-order valence-corrected chi connectivity index (χ2v) is 8.70. The van der Waals surface area contributed by atoms with E-state index < -0.39 is 0 Å². The van der Waals surface area contributed by atoms with Gasteiger partial charge in [0.2, 0.25) is 11.8 Å². The molecule has 6 heteroatoms. The second-order valence-electron chi connectivity index (χ2n) is 7.92. The number of piperidine rings is 1. The maximum Gasteiger partial charge on any atom is 0.234 e. The molecular formula is C22H23N3O2S. The molecule has 5 nitrogen and oxygen atoms in total. The van der Waals surface area contributed by atoms with E-state index in [9.17, 15) is 9.59 Å². The van der Waals surface area contributed by atoms with Gasteiger partial charge in [-0.3, -0.25) is 24.4 Å². The first-order chi connectivity index (χ1) is 13.6. The highest BCUT2D eigenvalue weighted by Gasteiger charge is 2.60. The van der Waals surface area contributed by atoms with Crippen LogP contribution in [0.5, 0.6) is 0 Å². The highest BCUT2D eigenvalue weighted by Crippen LogP contribution is 2.46. The summed E-state index contributed by atoms with van der Waals surface area (Å²) in [5, 5.41) is 4.17. The highest BCUT2D eigenvalue weighted by atomic mass is 32.1. The first-order valence-corrected chi connectivity index (χ1v) is 10.8. The molecule has 3 saturated heterocycles. The first-order valence-electron chi connectivity index (χ1n) is 9.89. The van der Waals surface area contributed by atoms with Crippen LogP contribution in [0.15, 0.2) is 41.2 Å². The SMILES string of the molecule is CN1C(=O)C2C(C1=O)C1CCCCN1C2/C=C/c1ccc(-c2ccsc2)cn1. The lowest BCUT2D eigenvalue weighted by atomic mass is 9.87. The Balaban J connectivity index is 1.41. The lowest BCUT2D eigenvalue weighted by Gasteiger charge is -2.35. The molecule has 5 rings (SSSR count). The van der Waals surface area contributed by atoms with E-state index in [0.29, 0.717) is 0 Å². The Kier molecular flexibility index (Phi) is 4.40. The van der Waals surface area contributed by atoms with Crippen molar-refractivity contribution in [3.05, 3.63) is 46.9 Å². The summed E-state index contributed by atoms with van der Waals surface area (Å²) < 4.78 is 0. The third-order valence-electron chi connectivity index (χ3n) is 6.48. The Morgan fingerprint density at radius 1 is 1.11 bits per heavy atom. The number of imide groups is 1. The molecule has 3 aliphatic rings. The molecule has 3 fully saturated rings. The number of carbonyl (C=O) groups is 2. The van der Waals surface area contributed by atoms with Crippen molar-refractivity contribution in [2.75, 3.05) is 13.6 Å². The average Bonchev–Trinajstić information content (AvgIpc) is 3.42. The number of pyridine rings is 1. The number of fused-ring (bicyclic) bond motifs is 3. The third kappa shape index (κ3) is 2.74. The molecule has 3 aliphatic heterocycles. The maximum atomic E-state index is 12.8. The summed E-state index contributed by atoms with van der Waals surface area (Å²) in [6, 6.07) is 6.36. The van der Waals surface area contributed by atoms with Gasteiger partial charge < -0.3 is 0 Å². The van der Waals surface area contributed by atoms with Gasteiger partial charge >= 0.3 is 0 Å². The average molecular weight is 394 g/mol. The van der Waals surface area contributed by atoms with E-state index in [2.05, 4.69) is 38.9 Å². The molecule has 0 N–H and O–H groups in total. The van der Waals surface area contributed by atoms with E-state index in [1.54, 1.807) is 18.4 Å². The third-order valence-corrected chi connectivity index (χ3v) is 7.16. The van der Waals surface area contributed by atoms with Crippen LogP contribution in [-0.4, -0.2) is 52.3 Å².